The maximum Gasteiger partial charge on any atom is 0.119 e. The van der Waals surface area contributed by atoms with Crippen LogP contribution in [-0.2, 0) is 6.54 Å². The molecule has 0 atom stereocenters. The molecule has 5 heteroatoms. The molecule has 0 saturated heterocycles. The predicted octanol–water partition coefficient (Wildman–Crippen LogP) is 11.3. The van der Waals surface area contributed by atoms with Crippen molar-refractivity contribution >= 4 is 35.3 Å². The lowest BCUT2D eigenvalue weighted by molar-refractivity contribution is 0.415. The Morgan fingerprint density at radius 1 is 0.681 bits per heavy atom. The van der Waals surface area contributed by atoms with Crippen molar-refractivity contribution in [2.24, 2.45) is 0 Å². The Morgan fingerprint density at radius 2 is 1.23 bits per heavy atom. The molecule has 0 N–H and O–H groups in total. The van der Waals surface area contributed by atoms with Crippen LogP contribution in [0.4, 0.5) is 17.1 Å². The predicted molar refractivity (Wildman–Crippen MR) is 196 cm³/mol. The zero-order chi connectivity index (χ0) is 33.0. The highest BCUT2D eigenvalue weighted by molar-refractivity contribution is 5.79. The summed E-state index contributed by atoms with van der Waals surface area (Å²) >= 11 is 0. The zero-order valence-corrected chi connectivity index (χ0v) is 27.8. The number of hydrogen-bond acceptors (Lipinski definition) is 4. The number of methoxy groups -OCH3 is 2. The van der Waals surface area contributed by atoms with Gasteiger partial charge in [-0.05, 0) is 115 Å². The lowest BCUT2D eigenvalue weighted by atomic mass is 10.1. The molecule has 238 valence electrons. The van der Waals surface area contributed by atoms with E-state index >= 15 is 0 Å². The summed E-state index contributed by atoms with van der Waals surface area (Å²) in [5, 5.41) is 9.15. The van der Waals surface area contributed by atoms with Gasteiger partial charge in [0.25, 0.3) is 0 Å². The number of nitrogens with zero attached hydrogens (tertiary/aromatic N) is 3. The summed E-state index contributed by atoms with van der Waals surface area (Å²) in [6.07, 6.45) is 11.1. The number of aromatic nitrogens is 1. The van der Waals surface area contributed by atoms with Crippen molar-refractivity contribution in [2.75, 3.05) is 19.1 Å². The number of unbranched alkanes of at least 4 members (excludes halogenated alkanes) is 3. The first-order valence-corrected chi connectivity index (χ1v) is 16.3. The van der Waals surface area contributed by atoms with Gasteiger partial charge in [0.05, 0.1) is 20.3 Å². The van der Waals surface area contributed by atoms with Crippen LogP contribution in [0, 0.1) is 11.3 Å². The average molecular weight is 622 g/mol. The van der Waals surface area contributed by atoms with Gasteiger partial charge >= 0.3 is 0 Å². The standard InChI is InChI=1S/C42H43N3O2/c1-5-6-7-8-29-44-36(23-28-42(44)35-14-9-34(10-15-35)30-32(2)31-43)16-11-33-12-17-37(18-13-33)45(38-19-24-40(46-3)25-20-38)39-21-26-41(47-4)27-22-39/h9-28,30H,5-8,29H2,1-4H3/b16-11+,32-30-. The van der Waals surface area contributed by atoms with Crippen LogP contribution in [0.2, 0.25) is 0 Å². The number of anilines is 3. The summed E-state index contributed by atoms with van der Waals surface area (Å²) in [4.78, 5) is 2.23. The van der Waals surface area contributed by atoms with E-state index in [1.807, 2.05) is 37.3 Å². The first-order valence-electron chi connectivity index (χ1n) is 16.3. The van der Waals surface area contributed by atoms with Crippen molar-refractivity contribution in [3.63, 3.8) is 0 Å². The van der Waals surface area contributed by atoms with Crippen molar-refractivity contribution in [1.29, 1.82) is 5.26 Å². The normalized spacial score (nSPS) is 11.4. The fraction of sp³-hybridized carbons (Fsp3) is 0.214. The molecule has 0 radical (unpaired) electrons. The molecule has 5 nitrogen and oxygen atoms in total. The summed E-state index contributed by atoms with van der Waals surface area (Å²) in [6, 6.07) is 40.0. The Balaban J connectivity index is 1.41. The Bertz CT molecular complexity index is 1780. The third-order valence-corrected chi connectivity index (χ3v) is 8.27. The van der Waals surface area contributed by atoms with Crippen LogP contribution in [0.3, 0.4) is 0 Å². The number of ether oxygens (including phenoxy) is 2. The van der Waals surface area contributed by atoms with Crippen molar-refractivity contribution < 1.29 is 9.47 Å². The fourth-order valence-electron chi connectivity index (χ4n) is 5.69. The molecule has 0 aliphatic rings. The number of benzene rings is 4. The van der Waals surface area contributed by atoms with Crippen LogP contribution < -0.4 is 14.4 Å². The fourth-order valence-corrected chi connectivity index (χ4v) is 5.69. The number of nitriles is 1. The van der Waals surface area contributed by atoms with Crippen LogP contribution >= 0.6 is 0 Å². The van der Waals surface area contributed by atoms with E-state index in [1.54, 1.807) is 14.2 Å². The van der Waals surface area contributed by atoms with Gasteiger partial charge in [0.15, 0.2) is 0 Å². The van der Waals surface area contributed by atoms with Crippen molar-refractivity contribution in [1.82, 2.24) is 4.57 Å². The first-order chi connectivity index (χ1) is 23.0. The molecule has 5 rings (SSSR count). The van der Waals surface area contributed by atoms with Gasteiger partial charge < -0.3 is 18.9 Å². The van der Waals surface area contributed by atoms with E-state index in [-0.39, 0.29) is 0 Å². The second-order valence-electron chi connectivity index (χ2n) is 11.6. The lowest BCUT2D eigenvalue weighted by Crippen LogP contribution is -2.09. The van der Waals surface area contributed by atoms with Gasteiger partial charge in [-0.2, -0.15) is 5.26 Å². The smallest absolute Gasteiger partial charge is 0.119 e. The minimum Gasteiger partial charge on any atom is -0.497 e. The van der Waals surface area contributed by atoms with E-state index < -0.39 is 0 Å². The number of hydrogen-bond donors (Lipinski definition) is 0. The second-order valence-corrected chi connectivity index (χ2v) is 11.6. The van der Waals surface area contributed by atoms with E-state index in [4.69, 9.17) is 14.7 Å². The Kier molecular flexibility index (Phi) is 11.3. The van der Waals surface area contributed by atoms with Crippen LogP contribution in [0.25, 0.3) is 29.5 Å². The topological polar surface area (TPSA) is 50.4 Å². The molecule has 5 aromatic rings. The van der Waals surface area contributed by atoms with Crippen LogP contribution in [0.1, 0.15) is 56.4 Å². The molecule has 0 amide bonds. The molecule has 1 aromatic heterocycles. The molecule has 0 bridgehead atoms. The summed E-state index contributed by atoms with van der Waals surface area (Å²) in [5.74, 6) is 1.64. The molecular formula is C42H43N3O2. The van der Waals surface area contributed by atoms with Gasteiger partial charge in [-0.25, -0.2) is 0 Å². The van der Waals surface area contributed by atoms with Gasteiger partial charge in [-0.3, -0.25) is 0 Å². The zero-order valence-electron chi connectivity index (χ0n) is 27.8. The Labute approximate surface area is 279 Å². The van der Waals surface area contributed by atoms with Gasteiger partial charge in [0, 0.05) is 40.6 Å². The molecule has 0 unspecified atom stereocenters. The quantitative estimate of drug-likeness (QED) is 0.0914. The van der Waals surface area contributed by atoms with E-state index in [0.717, 1.165) is 52.7 Å². The highest BCUT2D eigenvalue weighted by atomic mass is 16.5. The summed E-state index contributed by atoms with van der Waals surface area (Å²) < 4.78 is 13.2. The van der Waals surface area contributed by atoms with Crippen LogP contribution in [0.5, 0.6) is 11.5 Å². The molecule has 0 aliphatic heterocycles. The minimum absolute atomic E-state index is 0.701. The molecule has 0 aliphatic carbocycles. The maximum absolute atomic E-state index is 9.15. The summed E-state index contributed by atoms with van der Waals surface area (Å²) in [5.41, 5.74) is 9.57. The van der Waals surface area contributed by atoms with Crippen molar-refractivity contribution in [2.45, 2.75) is 46.1 Å². The molecular weight excluding hydrogens is 578 g/mol. The molecule has 4 aromatic carbocycles. The van der Waals surface area contributed by atoms with Gasteiger partial charge in [0.2, 0.25) is 0 Å². The third kappa shape index (κ3) is 8.42. The molecule has 0 fully saturated rings. The molecule has 47 heavy (non-hydrogen) atoms. The number of allylic oxidation sites excluding steroid dienone is 1. The SMILES string of the molecule is CCCCCCn1c(/C=C/c2ccc(N(c3ccc(OC)cc3)c3ccc(OC)cc3)cc2)ccc1-c1ccc(/C=C(/C)C#N)cc1. The van der Waals surface area contributed by atoms with Crippen LogP contribution in [0.15, 0.2) is 115 Å². The lowest BCUT2D eigenvalue weighted by Gasteiger charge is -2.26. The van der Waals surface area contributed by atoms with Crippen molar-refractivity contribution in [3.8, 4) is 28.8 Å². The molecule has 0 saturated carbocycles. The van der Waals surface area contributed by atoms with Gasteiger partial charge in [-0.15, -0.1) is 0 Å². The first kappa shape index (κ1) is 32.9. The monoisotopic (exact) mass is 621 g/mol. The Morgan fingerprint density at radius 3 is 1.77 bits per heavy atom. The maximum atomic E-state index is 9.15. The van der Waals surface area contributed by atoms with E-state index in [0.29, 0.717) is 5.57 Å². The van der Waals surface area contributed by atoms with Crippen molar-refractivity contribution in [3.05, 3.63) is 132 Å². The second kappa shape index (κ2) is 16.2. The van der Waals surface area contributed by atoms with Crippen LogP contribution in [-0.4, -0.2) is 18.8 Å². The van der Waals surface area contributed by atoms with Gasteiger partial charge in [-0.1, -0.05) is 68.7 Å². The molecule has 1 heterocycles. The highest BCUT2D eigenvalue weighted by Crippen LogP contribution is 2.36. The average Bonchev–Trinajstić information content (AvgIpc) is 3.53. The largest absolute Gasteiger partial charge is 0.497 e. The number of rotatable bonds is 14. The van der Waals surface area contributed by atoms with Gasteiger partial charge in [0.1, 0.15) is 11.5 Å². The third-order valence-electron chi connectivity index (χ3n) is 8.27. The van der Waals surface area contributed by atoms with E-state index in [1.165, 1.54) is 36.2 Å². The summed E-state index contributed by atoms with van der Waals surface area (Å²) in [6.45, 7) is 5.05. The summed E-state index contributed by atoms with van der Waals surface area (Å²) in [7, 11) is 3.36. The van der Waals surface area contributed by atoms with E-state index in [9.17, 15) is 0 Å². The minimum atomic E-state index is 0.701. The highest BCUT2D eigenvalue weighted by Gasteiger charge is 2.13. The molecule has 0 spiro atoms. The Hall–Kier alpha value is -5.47. The van der Waals surface area contributed by atoms with E-state index in [2.05, 4.69) is 120 Å².